The molecule has 0 bridgehead atoms. The summed E-state index contributed by atoms with van der Waals surface area (Å²) in [6.45, 7) is 0.561. The average Bonchev–Trinajstić information content (AvgIpc) is 2.77. The first-order chi connectivity index (χ1) is 15.6. The summed E-state index contributed by atoms with van der Waals surface area (Å²) in [5, 5.41) is 59.4. The number of fused-ring (bicyclic) bond motifs is 2. The predicted molar refractivity (Wildman–Crippen MR) is 108 cm³/mol. The molecule has 2 aliphatic rings. The molecule has 5 atom stereocenters. The van der Waals surface area contributed by atoms with Crippen molar-refractivity contribution >= 4 is 17.5 Å². The Morgan fingerprint density at radius 3 is 2.36 bits per heavy atom. The van der Waals surface area contributed by atoms with Crippen LogP contribution in [-0.4, -0.2) is 85.5 Å². The van der Waals surface area contributed by atoms with Gasteiger partial charge in [-0.25, -0.2) is 4.79 Å². The second-order valence-corrected chi connectivity index (χ2v) is 7.78. The lowest BCUT2D eigenvalue weighted by Crippen LogP contribution is -2.60. The number of aliphatic hydroxyl groups excluding tert-OH is 4. The number of phenolic OH excluding ortho intramolecular Hbond substituents is 1. The summed E-state index contributed by atoms with van der Waals surface area (Å²) in [5.41, 5.74) is -1.34. The summed E-state index contributed by atoms with van der Waals surface area (Å²) in [7, 11) is 0. The molecule has 1 fully saturated rings. The maximum absolute atomic E-state index is 13.1. The van der Waals surface area contributed by atoms with Crippen LogP contribution in [0.5, 0.6) is 11.5 Å². The zero-order valence-electron chi connectivity index (χ0n) is 17.1. The number of ether oxygens (including phenoxy) is 2. The summed E-state index contributed by atoms with van der Waals surface area (Å²) < 4.78 is 10.8. The number of rotatable bonds is 4. The van der Waals surface area contributed by atoms with E-state index in [1.165, 1.54) is 25.1 Å². The molecule has 33 heavy (non-hydrogen) atoms. The maximum atomic E-state index is 13.1. The van der Waals surface area contributed by atoms with Crippen LogP contribution in [0.2, 0.25) is 0 Å². The number of hydrogen-bond acceptors (Lipinski definition) is 10. The highest BCUT2D eigenvalue weighted by atomic mass is 16.7. The van der Waals surface area contributed by atoms with Crippen LogP contribution in [0, 0.1) is 6.92 Å². The molecular weight excluding hydrogens is 440 g/mol. The van der Waals surface area contributed by atoms with Crippen LogP contribution >= 0.6 is 0 Å². The standard InChI is InChI=1S/C22H20O11/c1-7-13-9(16(25)8-3-2-4-10(24)15(8)18(13)27)5-11(14(7)21(30)31)32-22-20(29)19(28)17(26)12(6-23)33-22/h2-5,12,17,19-20,22-24,26,28-29H,6H2,1H3,(H,30,31)/t12-,17-,19+,20-,22-/m1/s1. The van der Waals surface area contributed by atoms with E-state index < -0.39 is 71.9 Å². The number of aromatic carboxylic acids is 1. The molecule has 11 nitrogen and oxygen atoms in total. The average molecular weight is 460 g/mol. The van der Waals surface area contributed by atoms with Crippen LogP contribution in [0.15, 0.2) is 24.3 Å². The topological polar surface area (TPSA) is 191 Å². The number of ketones is 2. The first-order valence-electron chi connectivity index (χ1n) is 9.87. The van der Waals surface area contributed by atoms with Gasteiger partial charge in [-0.05, 0) is 24.6 Å². The van der Waals surface area contributed by atoms with Crippen molar-refractivity contribution in [3.05, 3.63) is 57.6 Å². The number of hydrogen-bond donors (Lipinski definition) is 6. The molecule has 2 aromatic carbocycles. The molecule has 0 radical (unpaired) electrons. The molecule has 2 aromatic rings. The quantitative estimate of drug-likeness (QED) is 0.290. The number of carboxylic acids is 1. The Labute approximate surface area is 186 Å². The third-order valence-electron chi connectivity index (χ3n) is 5.83. The van der Waals surface area contributed by atoms with Gasteiger partial charge in [0, 0.05) is 16.7 Å². The van der Waals surface area contributed by atoms with E-state index in [9.17, 15) is 45.0 Å². The van der Waals surface area contributed by atoms with E-state index in [4.69, 9.17) is 9.47 Å². The minimum atomic E-state index is -1.82. The van der Waals surface area contributed by atoms with Crippen molar-refractivity contribution in [2.45, 2.75) is 37.6 Å². The highest BCUT2D eigenvalue weighted by Crippen LogP contribution is 2.39. The van der Waals surface area contributed by atoms with Gasteiger partial charge in [-0.3, -0.25) is 9.59 Å². The maximum Gasteiger partial charge on any atom is 0.339 e. The lowest BCUT2D eigenvalue weighted by Gasteiger charge is -2.39. The molecule has 6 N–H and O–H groups in total. The number of phenols is 1. The molecule has 11 heteroatoms. The fourth-order valence-electron chi connectivity index (χ4n) is 4.15. The Morgan fingerprint density at radius 1 is 1.03 bits per heavy atom. The zero-order valence-corrected chi connectivity index (χ0v) is 17.1. The Hall–Kier alpha value is -3.35. The van der Waals surface area contributed by atoms with Crippen LogP contribution in [0.25, 0.3) is 0 Å². The van der Waals surface area contributed by atoms with Crippen LogP contribution in [0.3, 0.4) is 0 Å². The van der Waals surface area contributed by atoms with Crippen LogP contribution in [0.4, 0.5) is 0 Å². The monoisotopic (exact) mass is 460 g/mol. The predicted octanol–water partition coefficient (Wildman–Crippen LogP) is -0.647. The van der Waals surface area contributed by atoms with E-state index >= 15 is 0 Å². The van der Waals surface area contributed by atoms with Gasteiger partial charge in [0.2, 0.25) is 6.29 Å². The highest BCUT2D eigenvalue weighted by molar-refractivity contribution is 6.30. The molecule has 1 heterocycles. The van der Waals surface area contributed by atoms with Crippen molar-refractivity contribution in [2.75, 3.05) is 6.61 Å². The van der Waals surface area contributed by atoms with Gasteiger partial charge >= 0.3 is 5.97 Å². The zero-order chi connectivity index (χ0) is 24.2. The first kappa shape index (κ1) is 22.8. The minimum Gasteiger partial charge on any atom is -0.507 e. The molecule has 0 unspecified atom stereocenters. The molecule has 1 aliphatic carbocycles. The van der Waals surface area contributed by atoms with Crippen molar-refractivity contribution < 1.29 is 54.5 Å². The molecular formula is C22H20O11. The van der Waals surface area contributed by atoms with Crippen molar-refractivity contribution in [3.63, 3.8) is 0 Å². The summed E-state index contributed by atoms with van der Waals surface area (Å²) in [5.74, 6) is -3.77. The molecule has 0 amide bonds. The molecule has 0 aromatic heterocycles. The van der Waals surface area contributed by atoms with Gasteiger partial charge in [-0.2, -0.15) is 0 Å². The second-order valence-electron chi connectivity index (χ2n) is 7.78. The van der Waals surface area contributed by atoms with E-state index in [1.807, 2.05) is 0 Å². The fourth-order valence-corrected chi connectivity index (χ4v) is 4.15. The largest absolute Gasteiger partial charge is 0.507 e. The van der Waals surface area contributed by atoms with Gasteiger partial charge in [0.25, 0.3) is 0 Å². The van der Waals surface area contributed by atoms with Crippen molar-refractivity contribution in [1.82, 2.24) is 0 Å². The Bertz CT molecular complexity index is 1170. The second kappa shape index (κ2) is 8.21. The molecule has 1 aliphatic heterocycles. The van der Waals surface area contributed by atoms with E-state index in [2.05, 4.69) is 0 Å². The Morgan fingerprint density at radius 2 is 1.73 bits per heavy atom. The first-order valence-corrected chi connectivity index (χ1v) is 9.87. The van der Waals surface area contributed by atoms with Gasteiger partial charge in [-0.1, -0.05) is 12.1 Å². The Balaban J connectivity index is 1.84. The van der Waals surface area contributed by atoms with Gasteiger partial charge in [0.05, 0.1) is 12.2 Å². The van der Waals surface area contributed by atoms with Gasteiger partial charge in [0.1, 0.15) is 41.5 Å². The number of aliphatic hydroxyl groups is 4. The smallest absolute Gasteiger partial charge is 0.339 e. The van der Waals surface area contributed by atoms with Gasteiger partial charge in [-0.15, -0.1) is 0 Å². The minimum absolute atomic E-state index is 0.0752. The number of aromatic hydroxyl groups is 1. The third-order valence-corrected chi connectivity index (χ3v) is 5.83. The molecule has 4 rings (SSSR count). The van der Waals surface area contributed by atoms with E-state index in [0.29, 0.717) is 0 Å². The van der Waals surface area contributed by atoms with Crippen LogP contribution in [-0.2, 0) is 4.74 Å². The molecule has 0 saturated carbocycles. The van der Waals surface area contributed by atoms with E-state index in [-0.39, 0.29) is 27.8 Å². The molecule has 174 valence electrons. The highest BCUT2D eigenvalue weighted by Gasteiger charge is 2.45. The van der Waals surface area contributed by atoms with Gasteiger partial charge < -0.3 is 40.1 Å². The summed E-state index contributed by atoms with van der Waals surface area (Å²) >= 11 is 0. The number of carbonyl (C=O) groups is 3. The van der Waals surface area contributed by atoms with E-state index in [1.54, 1.807) is 0 Å². The normalized spacial score (nSPS) is 26.5. The van der Waals surface area contributed by atoms with Crippen LogP contribution in [0.1, 0.15) is 47.8 Å². The fraction of sp³-hybridized carbons (Fsp3) is 0.318. The number of benzene rings is 2. The van der Waals surface area contributed by atoms with Gasteiger partial charge in [0.15, 0.2) is 11.6 Å². The van der Waals surface area contributed by atoms with E-state index in [0.717, 1.165) is 6.07 Å². The lowest BCUT2D eigenvalue weighted by molar-refractivity contribution is -0.277. The lowest BCUT2D eigenvalue weighted by atomic mass is 9.80. The summed E-state index contributed by atoms with van der Waals surface area (Å²) in [6.07, 6.45) is -8.26. The van der Waals surface area contributed by atoms with Crippen molar-refractivity contribution in [2.24, 2.45) is 0 Å². The molecule has 1 saturated heterocycles. The third kappa shape index (κ3) is 3.46. The Kier molecular flexibility index (Phi) is 5.68. The van der Waals surface area contributed by atoms with Crippen molar-refractivity contribution in [1.29, 1.82) is 0 Å². The summed E-state index contributed by atoms with van der Waals surface area (Å²) in [4.78, 5) is 38.2. The molecule has 0 spiro atoms. The van der Waals surface area contributed by atoms with Crippen LogP contribution < -0.4 is 4.74 Å². The van der Waals surface area contributed by atoms with Crippen molar-refractivity contribution in [3.8, 4) is 11.5 Å². The number of carbonyl (C=O) groups excluding carboxylic acids is 2. The number of carboxylic acid groups (broad SMARTS) is 1. The summed E-state index contributed by atoms with van der Waals surface area (Å²) in [6, 6.07) is 4.98. The SMILES string of the molecule is Cc1c(C(=O)O)c(O[C@@H]2O[C@H](CO)[C@@H](O)[C@H](O)[C@H]2O)cc2c1C(=O)c1c(O)cccc1C2=O.